The maximum absolute atomic E-state index is 12.8. The summed E-state index contributed by atoms with van der Waals surface area (Å²) in [6, 6.07) is 10.8. The first-order chi connectivity index (χ1) is 15.5. The molecule has 1 atom stereocenters. The number of allylic oxidation sites excluding steroid dienone is 1. The van der Waals surface area contributed by atoms with E-state index in [-0.39, 0.29) is 42.5 Å². The van der Waals surface area contributed by atoms with Crippen LogP contribution in [-0.4, -0.2) is 53.0 Å². The van der Waals surface area contributed by atoms with Gasteiger partial charge < -0.3 is 19.5 Å². The molecule has 4 rings (SSSR count). The summed E-state index contributed by atoms with van der Waals surface area (Å²) in [5.74, 6) is -2.01. The zero-order valence-electron chi connectivity index (χ0n) is 17.3. The number of aliphatic imine (C=N–C) groups is 1. The van der Waals surface area contributed by atoms with Crippen molar-refractivity contribution in [3.05, 3.63) is 76.2 Å². The second kappa shape index (κ2) is 9.42. The van der Waals surface area contributed by atoms with Crippen LogP contribution in [0.25, 0.3) is 0 Å². The molecule has 9 heteroatoms. The van der Waals surface area contributed by atoms with Gasteiger partial charge in [-0.25, -0.2) is 4.99 Å². The molecule has 0 bridgehead atoms. The lowest BCUT2D eigenvalue weighted by Gasteiger charge is -2.30. The molecule has 3 heterocycles. The van der Waals surface area contributed by atoms with Gasteiger partial charge in [0.05, 0.1) is 6.20 Å². The number of ether oxygens (including phenoxy) is 1. The predicted molar refractivity (Wildman–Crippen MR) is 117 cm³/mol. The minimum atomic E-state index is -0.939. The van der Waals surface area contributed by atoms with E-state index in [0.717, 1.165) is 5.56 Å². The Hall–Kier alpha value is -4.01. The summed E-state index contributed by atoms with van der Waals surface area (Å²) in [4.78, 5) is 54.3. The van der Waals surface area contributed by atoms with Crippen molar-refractivity contribution in [3.63, 3.8) is 0 Å². The topological polar surface area (TPSA) is 110 Å². The Bertz CT molecular complexity index is 1150. The first-order valence-electron chi connectivity index (χ1n) is 10.3. The molecule has 1 aromatic heterocycles. The van der Waals surface area contributed by atoms with Crippen LogP contribution in [0.5, 0.6) is 5.75 Å². The smallest absolute Gasteiger partial charge is 0.270 e. The van der Waals surface area contributed by atoms with Crippen molar-refractivity contribution in [1.82, 2.24) is 14.8 Å². The van der Waals surface area contributed by atoms with Gasteiger partial charge in [-0.05, 0) is 11.6 Å². The van der Waals surface area contributed by atoms with Crippen LogP contribution in [0.2, 0.25) is 0 Å². The predicted octanol–water partition coefficient (Wildman–Crippen LogP) is 0.783. The van der Waals surface area contributed by atoms with Gasteiger partial charge in [-0.2, -0.15) is 0 Å². The van der Waals surface area contributed by atoms with Crippen molar-refractivity contribution >= 4 is 23.9 Å². The molecule has 1 N–H and O–H groups in total. The number of carbonyl (C=O) groups is 3. The number of fused-ring (bicyclic) bond motifs is 1. The molecule has 9 nitrogen and oxygen atoms in total. The number of hydrogen-bond acceptors (Lipinski definition) is 5. The molecule has 0 spiro atoms. The van der Waals surface area contributed by atoms with Gasteiger partial charge in [-0.3, -0.25) is 19.2 Å². The molecule has 0 saturated heterocycles. The molecular weight excluding hydrogens is 412 g/mol. The Labute approximate surface area is 184 Å². The standard InChI is InChI=1S/C23H22N4O5/c28-19-13-18-23(31)26(10-9-25-22(30)17-7-4-8-24-21(17)29)11-12-27(18)14-20(19)32-15-16-5-2-1-3-6-16/h1-8,13-14,17H,9-12,15H2,(H,25,30). The highest BCUT2D eigenvalue weighted by atomic mass is 16.5. The number of carbonyl (C=O) groups excluding carboxylic acids is 3. The second-order valence-electron chi connectivity index (χ2n) is 7.42. The number of amides is 3. The highest BCUT2D eigenvalue weighted by molar-refractivity contribution is 6.07. The van der Waals surface area contributed by atoms with Crippen LogP contribution in [0.3, 0.4) is 0 Å². The lowest BCUT2D eigenvalue weighted by atomic mass is 10.1. The van der Waals surface area contributed by atoms with Gasteiger partial charge in [0, 0.05) is 38.5 Å². The number of nitrogens with zero attached hydrogens (tertiary/aromatic N) is 3. The number of aromatic nitrogens is 1. The van der Waals surface area contributed by atoms with E-state index in [0.29, 0.717) is 13.1 Å². The van der Waals surface area contributed by atoms with Crippen molar-refractivity contribution in [3.8, 4) is 5.75 Å². The Kier molecular flexibility index (Phi) is 6.25. The van der Waals surface area contributed by atoms with E-state index in [9.17, 15) is 19.2 Å². The summed E-state index contributed by atoms with van der Waals surface area (Å²) in [6.07, 6.45) is 5.94. The Balaban J connectivity index is 1.35. The highest BCUT2D eigenvalue weighted by Crippen LogP contribution is 2.15. The summed E-state index contributed by atoms with van der Waals surface area (Å²) in [5.41, 5.74) is 0.856. The van der Waals surface area contributed by atoms with E-state index in [1.54, 1.807) is 21.7 Å². The monoisotopic (exact) mass is 434 g/mol. The fourth-order valence-electron chi connectivity index (χ4n) is 3.54. The minimum absolute atomic E-state index is 0.189. The quantitative estimate of drug-likeness (QED) is 0.648. The zero-order chi connectivity index (χ0) is 22.5. The summed E-state index contributed by atoms with van der Waals surface area (Å²) >= 11 is 0. The van der Waals surface area contributed by atoms with Gasteiger partial charge in [0.1, 0.15) is 18.2 Å². The molecule has 3 amide bonds. The largest absolute Gasteiger partial charge is 0.483 e. The van der Waals surface area contributed by atoms with Crippen LogP contribution in [0.15, 0.2) is 64.5 Å². The number of pyridine rings is 1. The molecule has 2 aliphatic rings. The maximum Gasteiger partial charge on any atom is 0.270 e. The van der Waals surface area contributed by atoms with E-state index >= 15 is 0 Å². The van der Waals surface area contributed by atoms with Gasteiger partial charge in [0.15, 0.2) is 5.75 Å². The van der Waals surface area contributed by atoms with Crippen LogP contribution in [0.4, 0.5) is 0 Å². The number of benzene rings is 1. The number of hydrogen-bond donors (Lipinski definition) is 1. The Morgan fingerprint density at radius 1 is 1.16 bits per heavy atom. The third kappa shape index (κ3) is 4.66. The molecule has 164 valence electrons. The third-order valence-corrected chi connectivity index (χ3v) is 5.27. The normalized spacial score (nSPS) is 17.2. The highest BCUT2D eigenvalue weighted by Gasteiger charge is 2.27. The van der Waals surface area contributed by atoms with Gasteiger partial charge >= 0.3 is 0 Å². The van der Waals surface area contributed by atoms with Crippen LogP contribution >= 0.6 is 0 Å². The minimum Gasteiger partial charge on any atom is -0.483 e. The number of nitrogens with one attached hydrogen (secondary N) is 1. The molecule has 0 fully saturated rings. The van der Waals surface area contributed by atoms with Gasteiger partial charge in [-0.15, -0.1) is 0 Å². The van der Waals surface area contributed by atoms with E-state index in [1.807, 2.05) is 30.3 Å². The first-order valence-corrected chi connectivity index (χ1v) is 10.3. The molecule has 0 aliphatic carbocycles. The fourth-order valence-corrected chi connectivity index (χ4v) is 3.54. The number of dihydropyridines is 1. The SMILES string of the molecule is O=C1N=CC=CC1C(=O)NCCN1CCn2cc(OCc3ccccc3)c(=O)cc2C1=O. The average molecular weight is 434 g/mol. The second-order valence-corrected chi connectivity index (χ2v) is 7.42. The average Bonchev–Trinajstić information content (AvgIpc) is 2.80. The Morgan fingerprint density at radius 3 is 2.75 bits per heavy atom. The summed E-state index contributed by atoms with van der Waals surface area (Å²) < 4.78 is 7.37. The summed E-state index contributed by atoms with van der Waals surface area (Å²) in [6.45, 7) is 1.64. The molecule has 2 aliphatic heterocycles. The molecular formula is C23H22N4O5. The molecule has 0 saturated carbocycles. The van der Waals surface area contributed by atoms with E-state index in [1.165, 1.54) is 18.4 Å². The van der Waals surface area contributed by atoms with Crippen LogP contribution in [0, 0.1) is 5.92 Å². The summed E-state index contributed by atoms with van der Waals surface area (Å²) in [7, 11) is 0. The van der Waals surface area contributed by atoms with Crippen molar-refractivity contribution in [2.45, 2.75) is 13.2 Å². The van der Waals surface area contributed by atoms with Gasteiger partial charge in [-0.1, -0.05) is 36.4 Å². The molecule has 32 heavy (non-hydrogen) atoms. The first kappa shape index (κ1) is 21.2. The van der Waals surface area contributed by atoms with Crippen molar-refractivity contribution in [1.29, 1.82) is 0 Å². The van der Waals surface area contributed by atoms with Gasteiger partial charge in [0.2, 0.25) is 11.3 Å². The van der Waals surface area contributed by atoms with Crippen LogP contribution in [0.1, 0.15) is 16.1 Å². The molecule has 2 aromatic rings. The zero-order valence-corrected chi connectivity index (χ0v) is 17.3. The van der Waals surface area contributed by atoms with Crippen molar-refractivity contribution in [2.75, 3.05) is 19.6 Å². The molecule has 0 radical (unpaired) electrons. The Morgan fingerprint density at radius 2 is 1.97 bits per heavy atom. The fraction of sp³-hybridized carbons (Fsp3) is 0.261. The van der Waals surface area contributed by atoms with Crippen LogP contribution < -0.4 is 15.5 Å². The van der Waals surface area contributed by atoms with E-state index < -0.39 is 17.7 Å². The number of rotatable bonds is 7. The molecule has 1 aromatic carbocycles. The van der Waals surface area contributed by atoms with E-state index in [4.69, 9.17) is 4.74 Å². The van der Waals surface area contributed by atoms with Crippen molar-refractivity contribution < 1.29 is 19.1 Å². The lowest BCUT2D eigenvalue weighted by molar-refractivity contribution is -0.131. The third-order valence-electron chi connectivity index (χ3n) is 5.27. The van der Waals surface area contributed by atoms with Crippen molar-refractivity contribution in [2.24, 2.45) is 10.9 Å². The summed E-state index contributed by atoms with van der Waals surface area (Å²) in [5, 5.41) is 2.66. The van der Waals surface area contributed by atoms with Gasteiger partial charge in [0.25, 0.3) is 11.8 Å². The van der Waals surface area contributed by atoms with Crippen LogP contribution in [-0.2, 0) is 22.7 Å². The molecule has 1 unspecified atom stereocenters. The van der Waals surface area contributed by atoms with E-state index in [2.05, 4.69) is 10.3 Å². The lowest BCUT2D eigenvalue weighted by Crippen LogP contribution is -2.46. The maximum atomic E-state index is 12.8.